The van der Waals surface area contributed by atoms with Gasteiger partial charge in [0.25, 0.3) is 0 Å². The van der Waals surface area contributed by atoms with Crippen molar-refractivity contribution in [2.45, 2.75) is 13.2 Å². The Morgan fingerprint density at radius 2 is 1.68 bits per heavy atom. The second-order valence-electron chi connectivity index (χ2n) is 5.94. The van der Waals surface area contributed by atoms with Gasteiger partial charge in [0.1, 0.15) is 18.2 Å². The number of rotatable bonds is 7. The van der Waals surface area contributed by atoms with Gasteiger partial charge in [0.05, 0.1) is 12.1 Å². The number of anilines is 1. The van der Waals surface area contributed by atoms with E-state index in [0.29, 0.717) is 23.1 Å². The van der Waals surface area contributed by atoms with Crippen molar-refractivity contribution in [2.24, 2.45) is 0 Å². The Labute approximate surface area is 171 Å². The molecule has 0 fully saturated rings. The SMILES string of the molecule is COc1cc(CNc2ccc(F)cc2)c(Cl)cc1OCc1c(F)cccc1Cl. The van der Waals surface area contributed by atoms with Crippen LogP contribution < -0.4 is 14.8 Å². The van der Waals surface area contributed by atoms with E-state index in [4.69, 9.17) is 32.7 Å². The molecule has 0 bridgehead atoms. The van der Waals surface area contributed by atoms with Crippen LogP contribution in [-0.2, 0) is 13.2 Å². The number of ether oxygens (including phenoxy) is 2. The fourth-order valence-corrected chi connectivity index (χ4v) is 3.01. The molecular weight excluding hydrogens is 407 g/mol. The van der Waals surface area contributed by atoms with Gasteiger partial charge in [-0.2, -0.15) is 0 Å². The van der Waals surface area contributed by atoms with Crippen LogP contribution in [0, 0.1) is 11.6 Å². The first-order valence-electron chi connectivity index (χ1n) is 8.39. The monoisotopic (exact) mass is 423 g/mol. The predicted octanol–water partition coefficient (Wildman–Crippen LogP) is 6.47. The number of halogens is 4. The molecular formula is C21H17Cl2F2NO2. The first kappa shape index (κ1) is 20.2. The molecule has 0 aliphatic carbocycles. The van der Waals surface area contributed by atoms with Crippen LogP contribution in [-0.4, -0.2) is 7.11 Å². The van der Waals surface area contributed by atoms with Gasteiger partial charge in [-0.25, -0.2) is 8.78 Å². The molecule has 28 heavy (non-hydrogen) atoms. The molecule has 1 N–H and O–H groups in total. The molecule has 0 spiro atoms. The third-order valence-electron chi connectivity index (χ3n) is 4.09. The standard InChI is InChI=1S/C21H17Cl2F2NO2/c1-27-20-9-13(11-26-15-7-5-14(24)6-8-15)18(23)10-21(20)28-12-16-17(22)3-2-4-19(16)25/h2-10,26H,11-12H2,1H3. The maximum Gasteiger partial charge on any atom is 0.163 e. The first-order chi connectivity index (χ1) is 13.5. The summed E-state index contributed by atoms with van der Waals surface area (Å²) in [5.74, 6) is 0.0736. The van der Waals surface area contributed by atoms with Gasteiger partial charge in [-0.05, 0) is 48.0 Å². The predicted molar refractivity (Wildman–Crippen MR) is 107 cm³/mol. The molecule has 3 aromatic rings. The molecule has 0 aromatic heterocycles. The van der Waals surface area contributed by atoms with Crippen molar-refractivity contribution in [3.8, 4) is 11.5 Å². The number of methoxy groups -OCH3 is 1. The zero-order valence-electron chi connectivity index (χ0n) is 14.9. The summed E-state index contributed by atoms with van der Waals surface area (Å²) >= 11 is 12.4. The van der Waals surface area contributed by atoms with Gasteiger partial charge in [-0.1, -0.05) is 29.3 Å². The lowest BCUT2D eigenvalue weighted by molar-refractivity contribution is 0.279. The minimum atomic E-state index is -0.447. The third-order valence-corrected chi connectivity index (χ3v) is 4.80. The number of benzene rings is 3. The summed E-state index contributed by atoms with van der Waals surface area (Å²) in [4.78, 5) is 0. The van der Waals surface area contributed by atoms with E-state index in [1.165, 1.54) is 31.4 Å². The molecule has 0 atom stereocenters. The van der Waals surface area contributed by atoms with Gasteiger partial charge in [0.15, 0.2) is 11.5 Å². The molecule has 3 rings (SSSR count). The fraction of sp³-hybridized carbons (Fsp3) is 0.143. The number of hydrogen-bond acceptors (Lipinski definition) is 3. The molecule has 3 aromatic carbocycles. The van der Waals surface area contributed by atoms with E-state index in [1.807, 2.05) is 0 Å². The maximum absolute atomic E-state index is 13.9. The molecule has 0 unspecified atom stereocenters. The summed E-state index contributed by atoms with van der Waals surface area (Å²) in [6.45, 7) is 0.339. The van der Waals surface area contributed by atoms with Crippen LogP contribution in [0.15, 0.2) is 54.6 Å². The molecule has 3 nitrogen and oxygen atoms in total. The zero-order valence-corrected chi connectivity index (χ0v) is 16.5. The van der Waals surface area contributed by atoms with Gasteiger partial charge in [-0.15, -0.1) is 0 Å². The number of nitrogens with one attached hydrogen (secondary N) is 1. The van der Waals surface area contributed by atoms with Crippen molar-refractivity contribution in [3.63, 3.8) is 0 Å². The maximum atomic E-state index is 13.9. The highest BCUT2D eigenvalue weighted by atomic mass is 35.5. The van der Waals surface area contributed by atoms with E-state index < -0.39 is 5.82 Å². The Morgan fingerprint density at radius 1 is 0.929 bits per heavy atom. The zero-order chi connectivity index (χ0) is 20.1. The molecule has 0 heterocycles. The van der Waals surface area contributed by atoms with Gasteiger partial charge < -0.3 is 14.8 Å². The Morgan fingerprint density at radius 3 is 2.36 bits per heavy atom. The highest BCUT2D eigenvalue weighted by Gasteiger charge is 2.13. The topological polar surface area (TPSA) is 30.5 Å². The normalized spacial score (nSPS) is 10.6. The average molecular weight is 424 g/mol. The smallest absolute Gasteiger partial charge is 0.163 e. The van der Waals surface area contributed by atoms with Crippen LogP contribution in [0.4, 0.5) is 14.5 Å². The molecule has 7 heteroatoms. The molecule has 0 aliphatic heterocycles. The highest BCUT2D eigenvalue weighted by Crippen LogP contribution is 2.35. The molecule has 0 amide bonds. The van der Waals surface area contributed by atoms with Crippen molar-refractivity contribution >= 4 is 28.9 Å². The van der Waals surface area contributed by atoms with Crippen LogP contribution in [0.2, 0.25) is 10.0 Å². The fourth-order valence-electron chi connectivity index (χ4n) is 2.57. The highest BCUT2D eigenvalue weighted by molar-refractivity contribution is 6.31. The van der Waals surface area contributed by atoms with Crippen LogP contribution in [0.5, 0.6) is 11.5 Å². The number of hydrogen-bond donors (Lipinski definition) is 1. The lowest BCUT2D eigenvalue weighted by Crippen LogP contribution is -2.04. The summed E-state index contributed by atoms with van der Waals surface area (Å²) in [5.41, 5.74) is 1.77. The van der Waals surface area contributed by atoms with Crippen molar-refractivity contribution in [3.05, 3.63) is 87.4 Å². The van der Waals surface area contributed by atoms with Gasteiger partial charge >= 0.3 is 0 Å². The van der Waals surface area contributed by atoms with Crippen molar-refractivity contribution in [2.75, 3.05) is 12.4 Å². The molecule has 146 valence electrons. The molecule has 0 saturated heterocycles. The summed E-state index contributed by atoms with van der Waals surface area (Å²) in [5, 5.41) is 3.89. The molecule has 0 saturated carbocycles. The van der Waals surface area contributed by atoms with Crippen LogP contribution in [0.3, 0.4) is 0 Å². The van der Waals surface area contributed by atoms with Gasteiger partial charge in [0.2, 0.25) is 0 Å². The van der Waals surface area contributed by atoms with Crippen LogP contribution >= 0.6 is 23.2 Å². The Balaban J connectivity index is 1.74. The van der Waals surface area contributed by atoms with E-state index in [0.717, 1.165) is 11.3 Å². The Kier molecular flexibility index (Phi) is 6.60. The Bertz CT molecular complexity index is 945. The third kappa shape index (κ3) is 4.86. The van der Waals surface area contributed by atoms with E-state index >= 15 is 0 Å². The summed E-state index contributed by atoms with van der Waals surface area (Å²) < 4.78 is 38.0. The lowest BCUT2D eigenvalue weighted by atomic mass is 10.2. The van der Waals surface area contributed by atoms with E-state index in [-0.39, 0.29) is 23.0 Å². The largest absolute Gasteiger partial charge is 0.493 e. The molecule has 0 aliphatic rings. The van der Waals surface area contributed by atoms with E-state index in [1.54, 1.807) is 30.3 Å². The van der Waals surface area contributed by atoms with Gasteiger partial charge in [-0.3, -0.25) is 0 Å². The summed E-state index contributed by atoms with van der Waals surface area (Å²) in [6, 6.07) is 13.8. The van der Waals surface area contributed by atoms with Gasteiger partial charge in [0, 0.05) is 28.9 Å². The molecule has 0 radical (unpaired) electrons. The van der Waals surface area contributed by atoms with Crippen LogP contribution in [0.25, 0.3) is 0 Å². The Hall–Kier alpha value is -2.50. The van der Waals surface area contributed by atoms with Crippen molar-refractivity contribution in [1.82, 2.24) is 0 Å². The van der Waals surface area contributed by atoms with Crippen molar-refractivity contribution < 1.29 is 18.3 Å². The second kappa shape index (κ2) is 9.13. The van der Waals surface area contributed by atoms with Crippen molar-refractivity contribution in [1.29, 1.82) is 0 Å². The lowest BCUT2D eigenvalue weighted by Gasteiger charge is -2.15. The minimum absolute atomic E-state index is 0.0641. The summed E-state index contributed by atoms with van der Waals surface area (Å²) in [6.07, 6.45) is 0. The quantitative estimate of drug-likeness (QED) is 0.472. The summed E-state index contributed by atoms with van der Waals surface area (Å²) in [7, 11) is 1.50. The first-order valence-corrected chi connectivity index (χ1v) is 9.15. The second-order valence-corrected chi connectivity index (χ2v) is 6.76. The van der Waals surface area contributed by atoms with Crippen LogP contribution in [0.1, 0.15) is 11.1 Å². The van der Waals surface area contributed by atoms with E-state index in [9.17, 15) is 8.78 Å². The minimum Gasteiger partial charge on any atom is -0.493 e. The van der Waals surface area contributed by atoms with E-state index in [2.05, 4.69) is 5.32 Å². The average Bonchev–Trinajstić information content (AvgIpc) is 2.68.